The van der Waals surface area contributed by atoms with Crippen LogP contribution in [0.2, 0.25) is 5.02 Å². The van der Waals surface area contributed by atoms with Crippen molar-refractivity contribution in [3.63, 3.8) is 0 Å². The number of ether oxygens (including phenoxy) is 1. The summed E-state index contributed by atoms with van der Waals surface area (Å²) in [5.74, 6) is 8.22. The summed E-state index contributed by atoms with van der Waals surface area (Å²) in [6, 6.07) is 6.07. The second-order valence-electron chi connectivity index (χ2n) is 6.13. The number of rotatable bonds is 6. The molecule has 118 valence electrons. The molecular weight excluding hydrogens is 284 g/mol. The monoisotopic (exact) mass is 310 g/mol. The Morgan fingerprint density at radius 2 is 2.24 bits per heavy atom. The number of nitrogens with two attached hydrogens (primary N) is 1. The third-order valence-corrected chi connectivity index (χ3v) is 5.10. The van der Waals surface area contributed by atoms with E-state index in [1.165, 1.54) is 32.1 Å². The Labute approximate surface area is 133 Å². The normalized spacial score (nSPS) is 23.8. The molecule has 0 aliphatic heterocycles. The highest BCUT2D eigenvalue weighted by Crippen LogP contribution is 2.34. The zero-order chi connectivity index (χ0) is 15.2. The van der Waals surface area contributed by atoms with Crippen LogP contribution in [-0.4, -0.2) is 13.2 Å². The van der Waals surface area contributed by atoms with Crippen LogP contribution in [0.4, 0.5) is 0 Å². The first-order valence-electron chi connectivity index (χ1n) is 7.96. The van der Waals surface area contributed by atoms with Gasteiger partial charge in [0.05, 0.1) is 7.11 Å². The first kappa shape index (κ1) is 16.6. The fourth-order valence-electron chi connectivity index (χ4n) is 3.57. The van der Waals surface area contributed by atoms with Crippen LogP contribution in [0, 0.1) is 11.8 Å². The summed E-state index contributed by atoms with van der Waals surface area (Å²) in [6.07, 6.45) is 7.34. The molecule has 1 aliphatic rings. The van der Waals surface area contributed by atoms with Gasteiger partial charge in [-0.15, -0.1) is 0 Å². The van der Waals surface area contributed by atoms with E-state index in [0.29, 0.717) is 5.92 Å². The first-order valence-corrected chi connectivity index (χ1v) is 8.34. The molecule has 1 aliphatic carbocycles. The van der Waals surface area contributed by atoms with E-state index in [9.17, 15) is 0 Å². The van der Waals surface area contributed by atoms with Crippen molar-refractivity contribution in [1.82, 2.24) is 5.43 Å². The van der Waals surface area contributed by atoms with E-state index in [1.54, 1.807) is 7.11 Å². The highest BCUT2D eigenvalue weighted by atomic mass is 35.5. The van der Waals surface area contributed by atoms with Crippen LogP contribution < -0.4 is 16.0 Å². The molecule has 1 fully saturated rings. The van der Waals surface area contributed by atoms with Crippen molar-refractivity contribution < 1.29 is 4.74 Å². The maximum Gasteiger partial charge on any atom is 0.122 e. The fourth-order valence-corrected chi connectivity index (χ4v) is 3.77. The Hall–Kier alpha value is -0.770. The minimum atomic E-state index is 0.284. The van der Waals surface area contributed by atoms with Gasteiger partial charge < -0.3 is 4.74 Å². The SMILES string of the molecule is CCC1CCCC(C(Cc2cc(Cl)ccc2OC)NN)C1. The molecule has 0 amide bonds. The van der Waals surface area contributed by atoms with Crippen LogP contribution in [0.25, 0.3) is 0 Å². The quantitative estimate of drug-likeness (QED) is 0.618. The van der Waals surface area contributed by atoms with Gasteiger partial charge in [-0.2, -0.15) is 0 Å². The number of hydrogen-bond acceptors (Lipinski definition) is 3. The maximum atomic E-state index is 6.12. The lowest BCUT2D eigenvalue weighted by Gasteiger charge is -2.34. The second-order valence-corrected chi connectivity index (χ2v) is 6.57. The average molecular weight is 311 g/mol. The van der Waals surface area contributed by atoms with E-state index < -0.39 is 0 Å². The maximum absolute atomic E-state index is 6.12. The van der Waals surface area contributed by atoms with Crippen molar-refractivity contribution in [3.8, 4) is 5.75 Å². The van der Waals surface area contributed by atoms with E-state index in [4.69, 9.17) is 22.2 Å². The van der Waals surface area contributed by atoms with Crippen molar-refractivity contribution in [3.05, 3.63) is 28.8 Å². The van der Waals surface area contributed by atoms with Crippen LogP contribution in [-0.2, 0) is 6.42 Å². The molecule has 0 saturated heterocycles. The van der Waals surface area contributed by atoms with Crippen molar-refractivity contribution in [2.75, 3.05) is 7.11 Å². The van der Waals surface area contributed by atoms with Gasteiger partial charge in [-0.05, 0) is 54.9 Å². The lowest BCUT2D eigenvalue weighted by molar-refractivity contribution is 0.207. The number of halogens is 1. The van der Waals surface area contributed by atoms with E-state index in [-0.39, 0.29) is 6.04 Å². The van der Waals surface area contributed by atoms with Crippen molar-refractivity contribution >= 4 is 11.6 Å². The molecule has 2 rings (SSSR count). The predicted molar refractivity (Wildman–Crippen MR) is 88.6 cm³/mol. The molecule has 21 heavy (non-hydrogen) atoms. The number of methoxy groups -OCH3 is 1. The largest absolute Gasteiger partial charge is 0.496 e. The summed E-state index contributed by atoms with van der Waals surface area (Å²) in [4.78, 5) is 0. The minimum Gasteiger partial charge on any atom is -0.496 e. The van der Waals surface area contributed by atoms with Gasteiger partial charge in [0.15, 0.2) is 0 Å². The Morgan fingerprint density at radius 3 is 2.90 bits per heavy atom. The third-order valence-electron chi connectivity index (χ3n) is 4.87. The summed E-state index contributed by atoms with van der Waals surface area (Å²) in [5, 5.41) is 0.747. The van der Waals surface area contributed by atoms with E-state index in [0.717, 1.165) is 28.7 Å². The fraction of sp³-hybridized carbons (Fsp3) is 0.647. The van der Waals surface area contributed by atoms with Crippen LogP contribution in [0.5, 0.6) is 5.75 Å². The topological polar surface area (TPSA) is 47.3 Å². The number of hydrogen-bond donors (Lipinski definition) is 2. The smallest absolute Gasteiger partial charge is 0.122 e. The molecule has 3 N–H and O–H groups in total. The number of nitrogens with one attached hydrogen (secondary N) is 1. The Balaban J connectivity index is 2.09. The second kappa shape index (κ2) is 8.02. The molecule has 0 heterocycles. The van der Waals surface area contributed by atoms with E-state index in [1.807, 2.05) is 18.2 Å². The molecule has 3 unspecified atom stereocenters. The van der Waals surface area contributed by atoms with Crippen molar-refractivity contribution in [2.45, 2.75) is 51.5 Å². The molecule has 3 atom stereocenters. The lowest BCUT2D eigenvalue weighted by Crippen LogP contribution is -2.44. The Kier molecular flexibility index (Phi) is 6.34. The molecule has 1 aromatic carbocycles. The van der Waals surface area contributed by atoms with Gasteiger partial charge in [0, 0.05) is 11.1 Å². The number of benzene rings is 1. The lowest BCUT2D eigenvalue weighted by atomic mass is 9.75. The molecule has 0 aromatic heterocycles. The molecule has 3 nitrogen and oxygen atoms in total. The Bertz CT molecular complexity index is 452. The van der Waals surface area contributed by atoms with Gasteiger partial charge in [0.2, 0.25) is 0 Å². The molecule has 1 aromatic rings. The molecule has 0 spiro atoms. The third kappa shape index (κ3) is 4.35. The average Bonchev–Trinajstić information content (AvgIpc) is 2.52. The van der Waals surface area contributed by atoms with E-state index >= 15 is 0 Å². The molecule has 1 saturated carbocycles. The molecular formula is C17H27ClN2O. The minimum absolute atomic E-state index is 0.284. The molecule has 0 radical (unpaired) electrons. The summed E-state index contributed by atoms with van der Waals surface area (Å²) in [5.41, 5.74) is 4.17. The summed E-state index contributed by atoms with van der Waals surface area (Å²) < 4.78 is 5.45. The number of hydrazine groups is 1. The van der Waals surface area contributed by atoms with Crippen LogP contribution in [0.3, 0.4) is 0 Å². The highest BCUT2D eigenvalue weighted by Gasteiger charge is 2.28. The summed E-state index contributed by atoms with van der Waals surface area (Å²) in [6.45, 7) is 2.29. The standard InChI is InChI=1S/C17H27ClN2O/c1-3-12-5-4-6-13(9-12)16(20-19)11-14-10-15(18)7-8-17(14)21-2/h7-8,10,12-13,16,20H,3-6,9,11,19H2,1-2H3. The van der Waals surface area contributed by atoms with Gasteiger partial charge in [-0.25, -0.2) is 0 Å². The Morgan fingerprint density at radius 1 is 1.43 bits per heavy atom. The van der Waals surface area contributed by atoms with Gasteiger partial charge in [-0.3, -0.25) is 11.3 Å². The van der Waals surface area contributed by atoms with Crippen molar-refractivity contribution in [2.24, 2.45) is 17.7 Å². The highest BCUT2D eigenvalue weighted by molar-refractivity contribution is 6.30. The van der Waals surface area contributed by atoms with Gasteiger partial charge in [-0.1, -0.05) is 37.8 Å². The summed E-state index contributed by atoms with van der Waals surface area (Å²) in [7, 11) is 1.70. The predicted octanol–water partition coefficient (Wildman–Crippen LogP) is 3.94. The van der Waals surface area contributed by atoms with Crippen molar-refractivity contribution in [1.29, 1.82) is 0 Å². The van der Waals surface area contributed by atoms with Crippen LogP contribution in [0.1, 0.15) is 44.6 Å². The van der Waals surface area contributed by atoms with Gasteiger partial charge >= 0.3 is 0 Å². The van der Waals surface area contributed by atoms with Gasteiger partial charge in [0.25, 0.3) is 0 Å². The van der Waals surface area contributed by atoms with Crippen LogP contribution in [0.15, 0.2) is 18.2 Å². The molecule has 0 bridgehead atoms. The summed E-state index contributed by atoms with van der Waals surface area (Å²) >= 11 is 6.12. The zero-order valence-corrected chi connectivity index (χ0v) is 13.8. The first-order chi connectivity index (χ1) is 10.2. The van der Waals surface area contributed by atoms with E-state index in [2.05, 4.69) is 12.3 Å². The van der Waals surface area contributed by atoms with Crippen LogP contribution >= 0.6 is 11.6 Å². The zero-order valence-electron chi connectivity index (χ0n) is 13.1. The molecule has 4 heteroatoms. The van der Waals surface area contributed by atoms with Gasteiger partial charge in [0.1, 0.15) is 5.75 Å².